The van der Waals surface area contributed by atoms with Crippen LogP contribution in [0.3, 0.4) is 0 Å². The number of anilines is 2. The molecule has 140 valence electrons. The van der Waals surface area contributed by atoms with Gasteiger partial charge in [-0.15, -0.1) is 0 Å². The first kappa shape index (κ1) is 19.6. The van der Waals surface area contributed by atoms with E-state index in [1.165, 1.54) is 25.1 Å². The van der Waals surface area contributed by atoms with Crippen LogP contribution in [0.1, 0.15) is 20.8 Å². The molecule has 0 heterocycles. The Kier molecular flexibility index (Phi) is 6.46. The van der Waals surface area contributed by atoms with Crippen LogP contribution in [-0.2, 0) is 14.8 Å². The maximum atomic E-state index is 12.6. The minimum absolute atomic E-state index is 0.0126. The van der Waals surface area contributed by atoms with Crippen LogP contribution < -0.4 is 19.5 Å². The van der Waals surface area contributed by atoms with Gasteiger partial charge in [0, 0.05) is 12.6 Å². The van der Waals surface area contributed by atoms with Crippen LogP contribution in [0.2, 0.25) is 0 Å². The molecule has 26 heavy (non-hydrogen) atoms. The maximum Gasteiger partial charge on any atom is 0.261 e. The summed E-state index contributed by atoms with van der Waals surface area (Å²) >= 11 is 0. The Morgan fingerprint density at radius 3 is 2.23 bits per heavy atom. The topological polar surface area (TPSA) is 93.7 Å². The number of carbonyl (C=O) groups is 1. The molecule has 0 aliphatic carbocycles. The molecule has 0 aromatic heterocycles. The fourth-order valence-electron chi connectivity index (χ4n) is 2.24. The van der Waals surface area contributed by atoms with Crippen LogP contribution >= 0.6 is 0 Å². The number of nitrogens with one attached hydrogen (secondary N) is 2. The molecule has 0 saturated carbocycles. The molecule has 0 radical (unpaired) electrons. The number of rotatable bonds is 8. The third kappa shape index (κ3) is 5.13. The Morgan fingerprint density at radius 1 is 1.00 bits per heavy atom. The minimum atomic E-state index is -3.83. The normalized spacial score (nSPS) is 10.9. The summed E-state index contributed by atoms with van der Waals surface area (Å²) in [5.74, 6) is 0.743. The molecule has 0 fully saturated rings. The summed E-state index contributed by atoms with van der Waals surface area (Å²) < 4.78 is 38.5. The van der Waals surface area contributed by atoms with E-state index in [9.17, 15) is 13.2 Å². The molecule has 0 aliphatic heterocycles. The van der Waals surface area contributed by atoms with Gasteiger partial charge in [0.05, 0.1) is 23.8 Å². The molecule has 0 bridgehead atoms. The highest BCUT2D eigenvalue weighted by Gasteiger charge is 2.17. The monoisotopic (exact) mass is 378 g/mol. The van der Waals surface area contributed by atoms with Gasteiger partial charge in [0.1, 0.15) is 11.5 Å². The first-order valence-electron chi connectivity index (χ1n) is 8.15. The largest absolute Gasteiger partial charge is 0.494 e. The molecule has 2 aromatic carbocycles. The van der Waals surface area contributed by atoms with Gasteiger partial charge in [0.25, 0.3) is 10.0 Å². The second kappa shape index (κ2) is 8.57. The average molecular weight is 378 g/mol. The van der Waals surface area contributed by atoms with E-state index in [0.29, 0.717) is 36.1 Å². The van der Waals surface area contributed by atoms with Crippen molar-refractivity contribution < 1.29 is 22.7 Å². The van der Waals surface area contributed by atoms with Gasteiger partial charge in [-0.3, -0.25) is 9.52 Å². The Balaban J connectivity index is 2.28. The van der Waals surface area contributed by atoms with Crippen molar-refractivity contribution >= 4 is 27.3 Å². The first-order chi connectivity index (χ1) is 12.4. The number of ether oxygens (including phenoxy) is 2. The standard InChI is InChI=1S/C18H22N2O5S/c1-4-24-15-8-6-14(7-9-15)20-26(22,23)16-10-11-18(25-5-2)17(12-16)19-13(3)21/h6-12,20H,4-5H2,1-3H3,(H,19,21). The lowest BCUT2D eigenvalue weighted by molar-refractivity contribution is -0.114. The SMILES string of the molecule is CCOc1ccc(NS(=O)(=O)c2ccc(OCC)c(NC(C)=O)c2)cc1. The Bertz CT molecular complexity index is 864. The second-order valence-electron chi connectivity index (χ2n) is 5.34. The Hall–Kier alpha value is -2.74. The number of amides is 1. The highest BCUT2D eigenvalue weighted by molar-refractivity contribution is 7.92. The molecule has 0 aliphatic rings. The van der Waals surface area contributed by atoms with E-state index in [4.69, 9.17) is 9.47 Å². The van der Waals surface area contributed by atoms with Gasteiger partial charge in [-0.05, 0) is 56.3 Å². The van der Waals surface area contributed by atoms with E-state index >= 15 is 0 Å². The van der Waals surface area contributed by atoms with Crippen LogP contribution in [0.15, 0.2) is 47.4 Å². The summed E-state index contributed by atoms with van der Waals surface area (Å²) in [5.41, 5.74) is 0.706. The van der Waals surface area contributed by atoms with Crippen LogP contribution in [0.25, 0.3) is 0 Å². The zero-order valence-electron chi connectivity index (χ0n) is 14.9. The molecule has 2 rings (SSSR count). The lowest BCUT2D eigenvalue weighted by atomic mass is 10.3. The third-order valence-corrected chi connectivity index (χ3v) is 4.67. The maximum absolute atomic E-state index is 12.6. The molecule has 1 amide bonds. The summed E-state index contributed by atoms with van der Waals surface area (Å²) in [6.45, 7) is 5.94. The van der Waals surface area contributed by atoms with Crippen LogP contribution in [0.5, 0.6) is 11.5 Å². The van der Waals surface area contributed by atoms with Crippen LogP contribution in [-0.4, -0.2) is 27.5 Å². The van der Waals surface area contributed by atoms with E-state index in [1.54, 1.807) is 31.2 Å². The van der Waals surface area contributed by atoms with Crippen LogP contribution in [0, 0.1) is 0 Å². The predicted molar refractivity (Wildman–Crippen MR) is 100 cm³/mol. The van der Waals surface area contributed by atoms with Crippen molar-refractivity contribution in [2.24, 2.45) is 0 Å². The number of sulfonamides is 1. The molecule has 2 N–H and O–H groups in total. The molecule has 0 spiro atoms. The predicted octanol–water partition coefficient (Wildman–Crippen LogP) is 3.24. The van der Waals surface area contributed by atoms with Gasteiger partial charge in [-0.2, -0.15) is 0 Å². The van der Waals surface area contributed by atoms with Gasteiger partial charge in [0.2, 0.25) is 5.91 Å². The van der Waals surface area contributed by atoms with Crippen molar-refractivity contribution in [1.82, 2.24) is 0 Å². The van der Waals surface area contributed by atoms with Gasteiger partial charge in [0.15, 0.2) is 0 Å². The van der Waals surface area contributed by atoms with E-state index < -0.39 is 10.0 Å². The Morgan fingerprint density at radius 2 is 1.65 bits per heavy atom. The number of hydrogen-bond donors (Lipinski definition) is 2. The van der Waals surface area contributed by atoms with Crippen molar-refractivity contribution in [3.8, 4) is 11.5 Å². The second-order valence-corrected chi connectivity index (χ2v) is 7.02. The third-order valence-electron chi connectivity index (χ3n) is 3.29. The first-order valence-corrected chi connectivity index (χ1v) is 9.64. The fourth-order valence-corrected chi connectivity index (χ4v) is 3.33. The van der Waals surface area contributed by atoms with E-state index in [2.05, 4.69) is 10.0 Å². The molecule has 7 nitrogen and oxygen atoms in total. The lowest BCUT2D eigenvalue weighted by Gasteiger charge is -2.14. The highest BCUT2D eigenvalue weighted by Crippen LogP contribution is 2.29. The van der Waals surface area contributed by atoms with Gasteiger partial charge in [-0.25, -0.2) is 8.42 Å². The molecule has 2 aromatic rings. The molecular weight excluding hydrogens is 356 g/mol. The molecule has 8 heteroatoms. The van der Waals surface area contributed by atoms with Crippen molar-refractivity contribution in [2.75, 3.05) is 23.3 Å². The molecule has 0 unspecified atom stereocenters. The highest BCUT2D eigenvalue weighted by atomic mass is 32.2. The molecule has 0 atom stereocenters. The Labute approximate surface area is 153 Å². The summed E-state index contributed by atoms with van der Waals surface area (Å²) in [7, 11) is -3.83. The molecule has 0 saturated heterocycles. The van der Waals surface area contributed by atoms with Gasteiger partial charge < -0.3 is 14.8 Å². The van der Waals surface area contributed by atoms with E-state index in [0.717, 1.165) is 0 Å². The zero-order valence-corrected chi connectivity index (χ0v) is 15.7. The number of hydrogen-bond acceptors (Lipinski definition) is 5. The van der Waals surface area contributed by atoms with Gasteiger partial charge in [-0.1, -0.05) is 0 Å². The summed E-state index contributed by atoms with van der Waals surface area (Å²) in [6, 6.07) is 10.9. The quantitative estimate of drug-likeness (QED) is 0.735. The van der Waals surface area contributed by atoms with Crippen molar-refractivity contribution in [1.29, 1.82) is 0 Å². The summed E-state index contributed by atoms with van der Waals surface area (Å²) in [6.07, 6.45) is 0. The zero-order chi connectivity index (χ0) is 19.2. The number of benzene rings is 2. The van der Waals surface area contributed by atoms with E-state index in [1.807, 2.05) is 6.92 Å². The summed E-state index contributed by atoms with van der Waals surface area (Å²) in [5, 5.41) is 2.58. The van der Waals surface area contributed by atoms with E-state index in [-0.39, 0.29) is 10.8 Å². The van der Waals surface area contributed by atoms with Crippen molar-refractivity contribution in [3.05, 3.63) is 42.5 Å². The average Bonchev–Trinajstić information content (AvgIpc) is 2.58. The summed E-state index contributed by atoms with van der Waals surface area (Å²) in [4.78, 5) is 11.4. The van der Waals surface area contributed by atoms with Crippen LogP contribution in [0.4, 0.5) is 11.4 Å². The molecular formula is C18H22N2O5S. The smallest absolute Gasteiger partial charge is 0.261 e. The van der Waals surface area contributed by atoms with Crippen molar-refractivity contribution in [2.45, 2.75) is 25.7 Å². The fraction of sp³-hybridized carbons (Fsp3) is 0.278. The van der Waals surface area contributed by atoms with Gasteiger partial charge >= 0.3 is 0 Å². The van der Waals surface area contributed by atoms with Crippen molar-refractivity contribution in [3.63, 3.8) is 0 Å². The lowest BCUT2D eigenvalue weighted by Crippen LogP contribution is -2.14. The number of carbonyl (C=O) groups excluding carboxylic acids is 1. The minimum Gasteiger partial charge on any atom is -0.494 e.